The number of nitrogens with zero attached hydrogens (tertiary/aromatic N) is 2. The SMILES string of the molecule is CCC(=O)Nc1cccc(-c2cn3cc(C)sc3n2)c1. The Morgan fingerprint density at radius 3 is 3.00 bits per heavy atom. The Kier molecular flexibility index (Phi) is 3.28. The smallest absolute Gasteiger partial charge is 0.224 e. The molecule has 102 valence electrons. The second-order valence-electron chi connectivity index (χ2n) is 4.64. The number of nitrogens with one attached hydrogen (secondary N) is 1. The molecular formula is C15H15N3OS. The van der Waals surface area contributed by atoms with E-state index in [1.54, 1.807) is 11.3 Å². The van der Waals surface area contributed by atoms with Crippen LogP contribution in [0.4, 0.5) is 5.69 Å². The molecule has 0 saturated heterocycles. The second-order valence-corrected chi connectivity index (χ2v) is 5.85. The molecule has 5 heteroatoms. The maximum atomic E-state index is 11.4. The zero-order valence-electron chi connectivity index (χ0n) is 11.4. The molecule has 0 bridgehead atoms. The summed E-state index contributed by atoms with van der Waals surface area (Å²) in [6.45, 7) is 3.91. The predicted octanol–water partition coefficient (Wildman–Crippen LogP) is 3.72. The molecule has 0 saturated carbocycles. The number of carbonyl (C=O) groups excluding carboxylic acids is 1. The molecule has 1 aromatic carbocycles. The van der Waals surface area contributed by atoms with E-state index in [1.807, 2.05) is 41.8 Å². The molecule has 0 aliphatic rings. The molecule has 3 rings (SSSR count). The molecule has 2 aromatic heterocycles. The van der Waals surface area contributed by atoms with Crippen molar-refractivity contribution >= 4 is 27.9 Å². The van der Waals surface area contributed by atoms with Crippen LogP contribution in [0.15, 0.2) is 36.7 Å². The van der Waals surface area contributed by atoms with E-state index in [1.165, 1.54) is 4.88 Å². The Morgan fingerprint density at radius 2 is 2.25 bits per heavy atom. The number of aromatic nitrogens is 2. The minimum atomic E-state index is 0.0172. The molecule has 0 radical (unpaired) electrons. The van der Waals surface area contributed by atoms with Gasteiger partial charge in [-0.05, 0) is 19.1 Å². The van der Waals surface area contributed by atoms with Gasteiger partial charge in [-0.2, -0.15) is 0 Å². The van der Waals surface area contributed by atoms with Crippen LogP contribution in [-0.2, 0) is 4.79 Å². The van der Waals surface area contributed by atoms with Crippen LogP contribution in [0.5, 0.6) is 0 Å². The summed E-state index contributed by atoms with van der Waals surface area (Å²) in [7, 11) is 0. The van der Waals surface area contributed by atoms with Crippen molar-refractivity contribution in [1.82, 2.24) is 9.38 Å². The number of thiazole rings is 1. The van der Waals surface area contributed by atoms with Crippen molar-refractivity contribution in [3.63, 3.8) is 0 Å². The van der Waals surface area contributed by atoms with Crippen LogP contribution >= 0.6 is 11.3 Å². The van der Waals surface area contributed by atoms with Crippen LogP contribution in [0.2, 0.25) is 0 Å². The Bertz CT molecular complexity index is 741. The van der Waals surface area contributed by atoms with Crippen LogP contribution in [0.1, 0.15) is 18.2 Å². The fraction of sp³-hybridized carbons (Fsp3) is 0.200. The molecular weight excluding hydrogens is 270 g/mol. The molecule has 2 heterocycles. The molecule has 0 aliphatic carbocycles. The first-order valence-corrected chi connectivity index (χ1v) is 7.33. The van der Waals surface area contributed by atoms with Crippen LogP contribution in [0.3, 0.4) is 0 Å². The van der Waals surface area contributed by atoms with Crippen molar-refractivity contribution in [2.24, 2.45) is 0 Å². The number of fused-ring (bicyclic) bond motifs is 1. The summed E-state index contributed by atoms with van der Waals surface area (Å²) >= 11 is 1.67. The minimum Gasteiger partial charge on any atom is -0.326 e. The summed E-state index contributed by atoms with van der Waals surface area (Å²) < 4.78 is 2.03. The predicted molar refractivity (Wildman–Crippen MR) is 82.2 cm³/mol. The molecule has 1 N–H and O–H groups in total. The van der Waals surface area contributed by atoms with Gasteiger partial charge < -0.3 is 5.32 Å². The van der Waals surface area contributed by atoms with E-state index in [-0.39, 0.29) is 5.91 Å². The van der Waals surface area contributed by atoms with Gasteiger partial charge in [-0.25, -0.2) is 4.98 Å². The lowest BCUT2D eigenvalue weighted by atomic mass is 10.1. The lowest BCUT2D eigenvalue weighted by Crippen LogP contribution is -2.09. The van der Waals surface area contributed by atoms with Gasteiger partial charge in [0, 0.05) is 34.9 Å². The van der Waals surface area contributed by atoms with Gasteiger partial charge in [-0.3, -0.25) is 9.20 Å². The Labute approximate surface area is 121 Å². The quantitative estimate of drug-likeness (QED) is 0.797. The van der Waals surface area contributed by atoms with Crippen molar-refractivity contribution in [2.75, 3.05) is 5.32 Å². The van der Waals surface area contributed by atoms with E-state index in [9.17, 15) is 4.79 Å². The summed E-state index contributed by atoms with van der Waals surface area (Å²) in [5, 5.41) is 2.87. The summed E-state index contributed by atoms with van der Waals surface area (Å²) in [5.74, 6) is 0.0172. The molecule has 0 fully saturated rings. The third-order valence-corrected chi connectivity index (χ3v) is 3.95. The fourth-order valence-corrected chi connectivity index (χ4v) is 2.86. The summed E-state index contributed by atoms with van der Waals surface area (Å²) in [6, 6.07) is 7.77. The number of aryl methyl sites for hydroxylation is 1. The molecule has 3 aromatic rings. The van der Waals surface area contributed by atoms with Gasteiger partial charge in [0.05, 0.1) is 5.69 Å². The molecule has 0 atom stereocenters. The van der Waals surface area contributed by atoms with Crippen LogP contribution in [0.25, 0.3) is 16.2 Å². The van der Waals surface area contributed by atoms with Crippen molar-refractivity contribution < 1.29 is 4.79 Å². The van der Waals surface area contributed by atoms with Gasteiger partial charge in [-0.15, -0.1) is 11.3 Å². The Hall–Kier alpha value is -2.14. The first-order chi connectivity index (χ1) is 9.65. The first kappa shape index (κ1) is 12.9. The zero-order valence-corrected chi connectivity index (χ0v) is 12.2. The van der Waals surface area contributed by atoms with Gasteiger partial charge in [0.25, 0.3) is 0 Å². The molecule has 20 heavy (non-hydrogen) atoms. The average Bonchev–Trinajstić information content (AvgIpc) is 2.96. The fourth-order valence-electron chi connectivity index (χ4n) is 2.06. The summed E-state index contributed by atoms with van der Waals surface area (Å²) in [6.07, 6.45) is 4.56. The highest BCUT2D eigenvalue weighted by Gasteiger charge is 2.08. The van der Waals surface area contributed by atoms with Gasteiger partial charge in [0.2, 0.25) is 5.91 Å². The Balaban J connectivity index is 1.94. The highest BCUT2D eigenvalue weighted by molar-refractivity contribution is 7.17. The molecule has 0 unspecified atom stereocenters. The van der Waals surface area contributed by atoms with Crippen molar-refractivity contribution in [3.05, 3.63) is 41.5 Å². The van der Waals surface area contributed by atoms with E-state index in [4.69, 9.17) is 0 Å². The van der Waals surface area contributed by atoms with E-state index < -0.39 is 0 Å². The zero-order chi connectivity index (χ0) is 14.1. The van der Waals surface area contributed by atoms with Crippen LogP contribution in [-0.4, -0.2) is 15.3 Å². The van der Waals surface area contributed by atoms with Crippen molar-refractivity contribution in [1.29, 1.82) is 0 Å². The highest BCUT2D eigenvalue weighted by Crippen LogP contribution is 2.25. The number of hydrogen-bond donors (Lipinski definition) is 1. The second kappa shape index (κ2) is 5.09. The normalized spacial score (nSPS) is 10.9. The lowest BCUT2D eigenvalue weighted by molar-refractivity contribution is -0.115. The number of amides is 1. The van der Waals surface area contributed by atoms with E-state index in [0.717, 1.165) is 21.9 Å². The first-order valence-electron chi connectivity index (χ1n) is 6.51. The number of anilines is 1. The maximum Gasteiger partial charge on any atom is 0.224 e. The number of imidazole rings is 1. The maximum absolute atomic E-state index is 11.4. The van der Waals surface area contributed by atoms with E-state index >= 15 is 0 Å². The minimum absolute atomic E-state index is 0.0172. The van der Waals surface area contributed by atoms with Crippen molar-refractivity contribution in [2.45, 2.75) is 20.3 Å². The largest absolute Gasteiger partial charge is 0.326 e. The molecule has 0 aliphatic heterocycles. The third-order valence-electron chi connectivity index (χ3n) is 3.03. The van der Waals surface area contributed by atoms with Gasteiger partial charge in [-0.1, -0.05) is 19.1 Å². The van der Waals surface area contributed by atoms with Gasteiger partial charge in [0.1, 0.15) is 0 Å². The Morgan fingerprint density at radius 1 is 1.40 bits per heavy atom. The monoisotopic (exact) mass is 285 g/mol. The molecule has 4 nitrogen and oxygen atoms in total. The summed E-state index contributed by atoms with van der Waals surface area (Å²) in [4.78, 5) is 18.3. The topological polar surface area (TPSA) is 46.4 Å². The van der Waals surface area contributed by atoms with Crippen LogP contribution in [0, 0.1) is 6.92 Å². The number of carbonyl (C=O) groups is 1. The standard InChI is InChI=1S/C15H15N3OS/c1-3-14(19)16-12-6-4-5-11(7-12)13-9-18-8-10(2)20-15(18)17-13/h4-9H,3H2,1-2H3,(H,16,19). The average molecular weight is 285 g/mol. The summed E-state index contributed by atoms with van der Waals surface area (Å²) in [5.41, 5.74) is 2.73. The van der Waals surface area contributed by atoms with Crippen LogP contribution < -0.4 is 5.32 Å². The number of hydrogen-bond acceptors (Lipinski definition) is 3. The van der Waals surface area contributed by atoms with Gasteiger partial charge in [0.15, 0.2) is 4.96 Å². The third kappa shape index (κ3) is 2.44. The lowest BCUT2D eigenvalue weighted by Gasteiger charge is -2.04. The van der Waals surface area contributed by atoms with Gasteiger partial charge >= 0.3 is 0 Å². The number of rotatable bonds is 3. The molecule has 0 spiro atoms. The van der Waals surface area contributed by atoms with E-state index in [0.29, 0.717) is 6.42 Å². The molecule has 1 amide bonds. The number of benzene rings is 1. The van der Waals surface area contributed by atoms with E-state index in [2.05, 4.69) is 23.4 Å². The van der Waals surface area contributed by atoms with Crippen molar-refractivity contribution in [3.8, 4) is 11.3 Å². The highest BCUT2D eigenvalue weighted by atomic mass is 32.1.